The van der Waals surface area contributed by atoms with Crippen molar-refractivity contribution in [3.8, 4) is 17.2 Å². The van der Waals surface area contributed by atoms with Crippen molar-refractivity contribution in [3.05, 3.63) is 113 Å². The quantitative estimate of drug-likeness (QED) is 0.457. The number of Topliss-reactive ketones (excluding diaryl/α,β-unsaturated/α-hetero) is 1. The maximum Gasteiger partial charge on any atom is 0.231 e. The summed E-state index contributed by atoms with van der Waals surface area (Å²) in [5, 5.41) is 0. The molecule has 4 heteroatoms. The molecule has 4 nitrogen and oxygen atoms in total. The topological polar surface area (TPSA) is 44.8 Å². The number of allylic oxidation sites excluding steroid dienone is 1. The van der Waals surface area contributed by atoms with Gasteiger partial charge in [-0.2, -0.15) is 0 Å². The molecule has 0 fully saturated rings. The molecule has 158 valence electrons. The number of carbonyl (C=O) groups is 1. The Morgan fingerprint density at radius 2 is 1.84 bits per heavy atom. The monoisotopic (exact) mass is 422 g/mol. The first kappa shape index (κ1) is 19.9. The predicted molar refractivity (Wildman–Crippen MR) is 125 cm³/mol. The Bertz CT molecular complexity index is 1260. The summed E-state index contributed by atoms with van der Waals surface area (Å²) >= 11 is 0. The maximum absolute atomic E-state index is 12.9. The molecule has 5 rings (SSSR count). The molecule has 3 aromatic carbocycles. The Labute approximate surface area is 187 Å². The van der Waals surface area contributed by atoms with Crippen molar-refractivity contribution in [1.82, 2.24) is 0 Å². The maximum atomic E-state index is 12.9. The zero-order valence-corrected chi connectivity index (χ0v) is 17.7. The molecular formula is C28H22O4. The molecule has 32 heavy (non-hydrogen) atoms. The molecule has 1 unspecified atom stereocenters. The molecule has 2 heterocycles. The van der Waals surface area contributed by atoms with Crippen LogP contribution in [-0.4, -0.2) is 11.9 Å². The molecule has 0 saturated carbocycles. The molecule has 0 radical (unpaired) electrons. The van der Waals surface area contributed by atoms with Crippen molar-refractivity contribution in [2.24, 2.45) is 0 Å². The minimum absolute atomic E-state index is 0.140. The van der Waals surface area contributed by atoms with Crippen molar-refractivity contribution in [1.29, 1.82) is 0 Å². The Morgan fingerprint density at radius 1 is 1.03 bits per heavy atom. The van der Waals surface area contributed by atoms with E-state index in [2.05, 4.69) is 6.58 Å². The second kappa shape index (κ2) is 8.23. The Morgan fingerprint density at radius 3 is 2.66 bits per heavy atom. The number of ketones is 1. The lowest BCUT2D eigenvalue weighted by Crippen LogP contribution is -2.18. The molecule has 0 bridgehead atoms. The fourth-order valence-corrected chi connectivity index (χ4v) is 3.75. The highest BCUT2D eigenvalue weighted by atomic mass is 16.5. The first-order chi connectivity index (χ1) is 15.6. The smallest absolute Gasteiger partial charge is 0.231 e. The van der Waals surface area contributed by atoms with Gasteiger partial charge < -0.3 is 14.2 Å². The summed E-state index contributed by atoms with van der Waals surface area (Å²) in [6.07, 6.45) is 5.43. The van der Waals surface area contributed by atoms with E-state index in [0.29, 0.717) is 29.4 Å². The van der Waals surface area contributed by atoms with Gasteiger partial charge in [0, 0.05) is 11.6 Å². The second-order valence-electron chi connectivity index (χ2n) is 7.77. The zero-order chi connectivity index (χ0) is 22.1. The van der Waals surface area contributed by atoms with Gasteiger partial charge in [-0.3, -0.25) is 4.79 Å². The lowest BCUT2D eigenvalue weighted by molar-refractivity contribution is 0.101. The van der Waals surface area contributed by atoms with Crippen LogP contribution in [0.3, 0.4) is 0 Å². The summed E-state index contributed by atoms with van der Waals surface area (Å²) < 4.78 is 17.8. The number of para-hydroxylation sites is 1. The molecule has 0 spiro atoms. The van der Waals surface area contributed by atoms with E-state index in [9.17, 15) is 4.79 Å². The molecule has 2 aliphatic rings. The van der Waals surface area contributed by atoms with Gasteiger partial charge >= 0.3 is 0 Å². The van der Waals surface area contributed by atoms with Crippen LogP contribution < -0.4 is 14.2 Å². The van der Waals surface area contributed by atoms with E-state index in [1.54, 1.807) is 30.4 Å². The average Bonchev–Trinajstić information content (AvgIpc) is 3.13. The molecule has 0 aromatic heterocycles. The number of hydrogen-bond acceptors (Lipinski definition) is 4. The molecule has 0 N–H and O–H groups in total. The van der Waals surface area contributed by atoms with Crippen molar-refractivity contribution >= 4 is 17.9 Å². The fraction of sp³-hybridized carbons (Fsp3) is 0.107. The van der Waals surface area contributed by atoms with E-state index < -0.39 is 0 Å². The SMILES string of the molecule is C=Cc1ccc(COc2ccc3c(c2)OC(=CC2=Cc4ccccc4OC2C)C3=O)cc1. The number of ether oxygens (including phenoxy) is 3. The van der Waals surface area contributed by atoms with Crippen LogP contribution in [-0.2, 0) is 6.61 Å². The van der Waals surface area contributed by atoms with Gasteiger partial charge in [-0.1, -0.05) is 55.1 Å². The molecular weight excluding hydrogens is 400 g/mol. The summed E-state index contributed by atoms with van der Waals surface area (Å²) in [5.74, 6) is 2.14. The molecule has 1 atom stereocenters. The molecule has 2 aliphatic heterocycles. The summed E-state index contributed by atoms with van der Waals surface area (Å²) in [5.41, 5.74) is 4.52. The van der Waals surface area contributed by atoms with E-state index >= 15 is 0 Å². The standard InChI is InChI=1S/C28H22O4/c1-3-19-8-10-20(11-9-19)17-30-23-12-13-24-26(16-23)32-27(28(24)29)15-22-14-21-6-4-5-7-25(21)31-18(22)2/h3-16,18H,1,17H2,2H3. The third kappa shape index (κ3) is 3.83. The Kier molecular flexibility index (Phi) is 5.12. The predicted octanol–water partition coefficient (Wildman–Crippen LogP) is 6.23. The van der Waals surface area contributed by atoms with Crippen molar-refractivity contribution in [3.63, 3.8) is 0 Å². The van der Waals surface area contributed by atoms with Gasteiger partial charge in [-0.25, -0.2) is 0 Å². The van der Waals surface area contributed by atoms with Crippen LogP contribution in [0.2, 0.25) is 0 Å². The number of hydrogen-bond donors (Lipinski definition) is 0. The zero-order valence-electron chi connectivity index (χ0n) is 17.7. The number of carbonyl (C=O) groups excluding carboxylic acids is 1. The van der Waals surface area contributed by atoms with Gasteiger partial charge in [0.1, 0.15) is 30.0 Å². The second-order valence-corrected chi connectivity index (χ2v) is 7.77. The highest BCUT2D eigenvalue weighted by Gasteiger charge is 2.29. The van der Waals surface area contributed by atoms with Gasteiger partial charge in [0.2, 0.25) is 5.78 Å². The molecule has 3 aromatic rings. The molecule has 0 aliphatic carbocycles. The third-order valence-electron chi connectivity index (χ3n) is 5.57. The van der Waals surface area contributed by atoms with E-state index in [1.165, 1.54) is 0 Å². The highest BCUT2D eigenvalue weighted by Crippen LogP contribution is 2.36. The van der Waals surface area contributed by atoms with Gasteiger partial charge in [-0.05, 0) is 54.0 Å². The Balaban J connectivity index is 1.33. The minimum Gasteiger partial charge on any atom is -0.489 e. The van der Waals surface area contributed by atoms with E-state index in [-0.39, 0.29) is 11.9 Å². The van der Waals surface area contributed by atoms with E-state index in [4.69, 9.17) is 14.2 Å². The number of fused-ring (bicyclic) bond motifs is 2. The van der Waals surface area contributed by atoms with E-state index in [0.717, 1.165) is 28.0 Å². The van der Waals surface area contributed by atoms with E-state index in [1.807, 2.05) is 61.5 Å². The van der Waals surface area contributed by atoms with Crippen LogP contribution in [0.15, 0.2) is 90.7 Å². The summed E-state index contributed by atoms with van der Waals surface area (Å²) in [6.45, 7) is 6.14. The summed E-state index contributed by atoms with van der Waals surface area (Å²) in [6, 6.07) is 21.1. The number of rotatable bonds is 5. The fourth-order valence-electron chi connectivity index (χ4n) is 3.75. The van der Waals surface area contributed by atoms with Crippen LogP contribution in [0.25, 0.3) is 12.2 Å². The molecule has 0 amide bonds. The Hall–Kier alpha value is -4.05. The summed E-state index contributed by atoms with van der Waals surface area (Å²) in [4.78, 5) is 12.9. The van der Waals surface area contributed by atoms with Gasteiger partial charge in [0.15, 0.2) is 5.76 Å². The van der Waals surface area contributed by atoms with Crippen molar-refractivity contribution in [2.75, 3.05) is 0 Å². The van der Waals surface area contributed by atoms with Gasteiger partial charge in [-0.15, -0.1) is 0 Å². The van der Waals surface area contributed by atoms with Crippen LogP contribution in [0.1, 0.15) is 34.0 Å². The van der Waals surface area contributed by atoms with Crippen LogP contribution >= 0.6 is 0 Å². The number of benzene rings is 3. The first-order valence-electron chi connectivity index (χ1n) is 10.5. The average molecular weight is 422 g/mol. The largest absolute Gasteiger partial charge is 0.489 e. The van der Waals surface area contributed by atoms with Crippen LogP contribution in [0.5, 0.6) is 17.2 Å². The first-order valence-corrected chi connectivity index (χ1v) is 10.5. The third-order valence-corrected chi connectivity index (χ3v) is 5.57. The normalized spacial score (nSPS) is 17.7. The minimum atomic E-state index is -0.177. The highest BCUT2D eigenvalue weighted by molar-refractivity contribution is 6.12. The van der Waals surface area contributed by atoms with Gasteiger partial charge in [0.05, 0.1) is 5.56 Å². The molecule has 0 saturated heterocycles. The van der Waals surface area contributed by atoms with Crippen LogP contribution in [0, 0.1) is 0 Å². The van der Waals surface area contributed by atoms with Gasteiger partial charge in [0.25, 0.3) is 0 Å². The lowest BCUT2D eigenvalue weighted by atomic mass is 10.0. The van der Waals surface area contributed by atoms with Crippen molar-refractivity contribution < 1.29 is 19.0 Å². The lowest BCUT2D eigenvalue weighted by Gasteiger charge is -2.22. The summed E-state index contributed by atoms with van der Waals surface area (Å²) in [7, 11) is 0. The van der Waals surface area contributed by atoms with Crippen LogP contribution in [0.4, 0.5) is 0 Å². The van der Waals surface area contributed by atoms with Crippen molar-refractivity contribution in [2.45, 2.75) is 19.6 Å².